The molecule has 0 aliphatic carbocycles. The standard InChI is InChI=1S/C23H21F3N4O3S2.C2HF3O2/c24-23(25,26)16-1-3-19(18(11-16)15-5-7-27-8-6-15)30-9-10-33-21-12-17(2-4-20(21)30)35(31,32)29-22-13-28-14-34-22;3-2(4,5)1(6)7/h1-5,11-14,27,29H,6-10H2;(H,6,7). The van der Waals surface area contributed by atoms with Crippen LogP contribution in [0.4, 0.5) is 42.7 Å². The van der Waals surface area contributed by atoms with E-state index in [2.05, 4.69) is 15.0 Å². The predicted octanol–water partition coefficient (Wildman–Crippen LogP) is 5.50. The molecule has 2 aliphatic heterocycles. The topological polar surface area (TPSA) is 121 Å². The van der Waals surface area contributed by atoms with Crippen LogP contribution in [0, 0.1) is 0 Å². The average Bonchev–Trinajstić information content (AvgIpc) is 3.44. The van der Waals surface area contributed by atoms with Crippen LogP contribution >= 0.6 is 11.3 Å². The second-order valence-electron chi connectivity index (χ2n) is 8.82. The van der Waals surface area contributed by atoms with E-state index in [4.69, 9.17) is 14.6 Å². The Morgan fingerprint density at radius 3 is 2.40 bits per heavy atom. The molecule has 0 amide bonds. The van der Waals surface area contributed by atoms with Gasteiger partial charge in [-0.05, 0) is 48.9 Å². The summed E-state index contributed by atoms with van der Waals surface area (Å²) in [6, 6.07) is 8.25. The summed E-state index contributed by atoms with van der Waals surface area (Å²) < 4.78 is 106. The second kappa shape index (κ2) is 12.2. The Balaban J connectivity index is 0.000000517. The Bertz CT molecular complexity index is 1570. The third-order valence-corrected chi connectivity index (χ3v) is 8.22. The molecule has 0 radical (unpaired) electrons. The zero-order valence-electron chi connectivity index (χ0n) is 21.3. The van der Waals surface area contributed by atoms with Gasteiger partial charge in [0.05, 0.1) is 34.4 Å². The highest BCUT2D eigenvalue weighted by Gasteiger charge is 2.38. The normalized spacial score (nSPS) is 15.5. The third kappa shape index (κ3) is 7.32. The number of aliphatic carboxylic acids is 1. The minimum absolute atomic E-state index is 0.0141. The molecule has 5 rings (SSSR count). The fourth-order valence-corrected chi connectivity index (χ4v) is 5.97. The number of hydrogen-bond donors (Lipinski definition) is 3. The quantitative estimate of drug-likeness (QED) is 0.314. The Morgan fingerprint density at radius 2 is 1.81 bits per heavy atom. The number of anilines is 3. The van der Waals surface area contributed by atoms with Crippen molar-refractivity contribution in [1.82, 2.24) is 10.3 Å². The summed E-state index contributed by atoms with van der Waals surface area (Å²) in [5, 5.41) is 10.7. The Hall–Kier alpha value is -3.83. The largest absolute Gasteiger partial charge is 0.490 e. The van der Waals surface area contributed by atoms with E-state index in [1.807, 2.05) is 11.0 Å². The number of carboxylic acids is 1. The summed E-state index contributed by atoms with van der Waals surface area (Å²) in [6.07, 6.45) is -5.62. The first-order valence-corrected chi connectivity index (χ1v) is 14.4. The Kier molecular flexibility index (Phi) is 9.03. The summed E-state index contributed by atoms with van der Waals surface area (Å²) in [7, 11) is -3.87. The molecule has 0 spiro atoms. The number of halogens is 6. The summed E-state index contributed by atoms with van der Waals surface area (Å²) in [5.74, 6) is -2.42. The first kappa shape index (κ1) is 31.1. The molecule has 226 valence electrons. The van der Waals surface area contributed by atoms with Crippen LogP contribution in [-0.4, -0.2) is 56.9 Å². The van der Waals surface area contributed by atoms with Crippen molar-refractivity contribution in [3.8, 4) is 5.75 Å². The van der Waals surface area contributed by atoms with E-state index in [0.717, 1.165) is 23.0 Å². The molecule has 1 aromatic heterocycles. The van der Waals surface area contributed by atoms with Crippen LogP contribution in [0.25, 0.3) is 5.57 Å². The molecule has 2 aliphatic rings. The van der Waals surface area contributed by atoms with Crippen molar-refractivity contribution >= 4 is 49.3 Å². The SMILES string of the molecule is O=C(O)C(F)(F)F.O=S(=O)(Nc1cncs1)c1ccc2c(c1)OCCN2c1ccc(C(F)(F)F)cc1C1=CCNCC1. The van der Waals surface area contributed by atoms with Crippen molar-refractivity contribution in [3.63, 3.8) is 0 Å². The lowest BCUT2D eigenvalue weighted by molar-refractivity contribution is -0.192. The lowest BCUT2D eigenvalue weighted by Crippen LogP contribution is -2.30. The molecule has 0 atom stereocenters. The van der Waals surface area contributed by atoms with Gasteiger partial charge in [-0.2, -0.15) is 26.3 Å². The highest BCUT2D eigenvalue weighted by molar-refractivity contribution is 7.93. The van der Waals surface area contributed by atoms with Gasteiger partial charge in [-0.15, -0.1) is 11.3 Å². The number of ether oxygens (including phenoxy) is 1. The van der Waals surface area contributed by atoms with E-state index in [0.29, 0.717) is 53.7 Å². The number of nitrogens with one attached hydrogen (secondary N) is 2. The number of thiazole rings is 1. The minimum Gasteiger partial charge on any atom is -0.489 e. The predicted molar refractivity (Wildman–Crippen MR) is 142 cm³/mol. The first-order chi connectivity index (χ1) is 19.7. The maximum Gasteiger partial charge on any atom is 0.490 e. The number of rotatable bonds is 5. The summed E-state index contributed by atoms with van der Waals surface area (Å²) in [4.78, 5) is 14.7. The number of fused-ring (bicyclic) bond motifs is 1. The zero-order chi connectivity index (χ0) is 30.7. The minimum atomic E-state index is -5.08. The van der Waals surface area contributed by atoms with Gasteiger partial charge in [-0.1, -0.05) is 6.08 Å². The fourth-order valence-electron chi connectivity index (χ4n) is 4.15. The van der Waals surface area contributed by atoms with E-state index >= 15 is 0 Å². The second-order valence-corrected chi connectivity index (χ2v) is 11.4. The number of hydrogen-bond acceptors (Lipinski definition) is 8. The number of aromatic nitrogens is 1. The number of carboxylic acid groups (broad SMARTS) is 1. The highest BCUT2D eigenvalue weighted by atomic mass is 32.2. The van der Waals surface area contributed by atoms with Crippen molar-refractivity contribution in [1.29, 1.82) is 0 Å². The number of benzene rings is 2. The summed E-state index contributed by atoms with van der Waals surface area (Å²) in [5.41, 5.74) is 3.37. The van der Waals surface area contributed by atoms with Gasteiger partial charge in [-0.25, -0.2) is 13.2 Å². The van der Waals surface area contributed by atoms with Gasteiger partial charge >= 0.3 is 18.3 Å². The molecule has 0 saturated heterocycles. The third-order valence-electron chi connectivity index (χ3n) is 6.04. The molecule has 42 heavy (non-hydrogen) atoms. The van der Waals surface area contributed by atoms with E-state index in [1.165, 1.54) is 36.0 Å². The molecule has 0 unspecified atom stereocenters. The summed E-state index contributed by atoms with van der Waals surface area (Å²) >= 11 is 1.16. The van der Waals surface area contributed by atoms with E-state index in [-0.39, 0.29) is 11.5 Å². The number of nitrogens with zero attached hydrogens (tertiary/aromatic N) is 2. The Morgan fingerprint density at radius 1 is 1.10 bits per heavy atom. The van der Waals surface area contributed by atoms with E-state index in [9.17, 15) is 34.8 Å². The van der Waals surface area contributed by atoms with Crippen molar-refractivity contribution in [2.45, 2.75) is 23.7 Å². The first-order valence-electron chi connectivity index (χ1n) is 12.0. The molecular weight excluding hydrogens is 614 g/mol. The van der Waals surface area contributed by atoms with E-state index in [1.54, 1.807) is 6.07 Å². The van der Waals surface area contributed by atoms with Crippen LogP contribution < -0.4 is 19.7 Å². The molecule has 0 saturated carbocycles. The van der Waals surface area contributed by atoms with Gasteiger partial charge in [0.25, 0.3) is 10.0 Å². The van der Waals surface area contributed by atoms with E-state index < -0.39 is 33.9 Å². The van der Waals surface area contributed by atoms with Gasteiger partial charge in [0, 0.05) is 23.9 Å². The van der Waals surface area contributed by atoms with Crippen molar-refractivity contribution in [2.75, 3.05) is 35.9 Å². The molecule has 0 bridgehead atoms. The van der Waals surface area contributed by atoms with Crippen molar-refractivity contribution < 1.29 is 49.4 Å². The summed E-state index contributed by atoms with van der Waals surface area (Å²) in [6.45, 7) is 1.91. The van der Waals surface area contributed by atoms with Crippen molar-refractivity contribution in [2.24, 2.45) is 0 Å². The van der Waals surface area contributed by atoms with Crippen molar-refractivity contribution in [3.05, 3.63) is 65.3 Å². The lowest BCUT2D eigenvalue weighted by Gasteiger charge is -2.34. The molecule has 17 heteroatoms. The van der Waals surface area contributed by atoms with Gasteiger partial charge in [0.2, 0.25) is 0 Å². The average molecular weight is 637 g/mol. The number of sulfonamides is 1. The number of alkyl halides is 6. The number of carbonyl (C=O) groups is 1. The van der Waals surface area contributed by atoms with Crippen LogP contribution in [0.15, 0.2) is 59.1 Å². The van der Waals surface area contributed by atoms with Crippen LogP contribution in [0.2, 0.25) is 0 Å². The maximum absolute atomic E-state index is 13.5. The van der Waals surface area contributed by atoms with Gasteiger partial charge < -0.3 is 20.1 Å². The zero-order valence-corrected chi connectivity index (χ0v) is 22.9. The van der Waals surface area contributed by atoms with Crippen LogP contribution in [0.5, 0.6) is 5.75 Å². The van der Waals surface area contributed by atoms with Gasteiger partial charge in [0.15, 0.2) is 0 Å². The molecule has 2 aromatic carbocycles. The van der Waals surface area contributed by atoms with Gasteiger partial charge in [-0.3, -0.25) is 9.71 Å². The smallest absolute Gasteiger partial charge is 0.489 e. The molecule has 3 aromatic rings. The molecule has 3 N–H and O–H groups in total. The monoisotopic (exact) mass is 636 g/mol. The van der Waals surface area contributed by atoms with Gasteiger partial charge in [0.1, 0.15) is 17.4 Å². The van der Waals surface area contributed by atoms with Crippen LogP contribution in [0.3, 0.4) is 0 Å². The van der Waals surface area contributed by atoms with Crippen LogP contribution in [0.1, 0.15) is 17.5 Å². The Labute approximate surface area is 239 Å². The molecular formula is C25H22F6N4O5S2. The lowest BCUT2D eigenvalue weighted by atomic mass is 9.95. The van der Waals surface area contributed by atoms with Crippen LogP contribution in [-0.2, 0) is 21.0 Å². The molecule has 3 heterocycles. The highest BCUT2D eigenvalue weighted by Crippen LogP contribution is 2.43. The maximum atomic E-state index is 13.5. The molecule has 9 nitrogen and oxygen atoms in total. The molecule has 0 fully saturated rings. The fraction of sp³-hybridized carbons (Fsp3) is 0.280.